The first-order chi connectivity index (χ1) is 15.7. The summed E-state index contributed by atoms with van der Waals surface area (Å²) in [5, 5.41) is 6.07. The maximum atomic E-state index is 12.8. The number of carbonyl (C=O) groups excluding carboxylic acids is 2. The first-order valence-corrected chi connectivity index (χ1v) is 10.8. The first-order valence-electron chi connectivity index (χ1n) is 10.8. The predicted octanol–water partition coefficient (Wildman–Crippen LogP) is 1.07. The van der Waals surface area contributed by atoms with E-state index in [1.807, 2.05) is 55.6 Å². The van der Waals surface area contributed by atoms with Gasteiger partial charge in [0.15, 0.2) is 0 Å². The Hall–Kier alpha value is -2.23. The summed E-state index contributed by atoms with van der Waals surface area (Å²) in [7, 11) is 1.94. The minimum atomic E-state index is -0.391. The Labute approximate surface area is 243 Å². The Morgan fingerprint density at radius 1 is 1.18 bits per heavy atom. The van der Waals surface area contributed by atoms with Gasteiger partial charge in [0, 0.05) is 17.3 Å². The molecule has 0 saturated heterocycles. The van der Waals surface area contributed by atoms with Crippen molar-refractivity contribution in [2.24, 2.45) is 4.99 Å². The van der Waals surface area contributed by atoms with Gasteiger partial charge in [0.05, 0.1) is 30.1 Å². The van der Waals surface area contributed by atoms with Crippen molar-refractivity contribution < 1.29 is 70.3 Å². The predicted molar refractivity (Wildman–Crippen MR) is 129 cm³/mol. The molecule has 0 aliphatic carbocycles. The molecule has 0 bridgehead atoms. The molecule has 0 spiro atoms. The van der Waals surface area contributed by atoms with E-state index in [0.717, 1.165) is 11.3 Å². The van der Waals surface area contributed by atoms with E-state index in [4.69, 9.17) is 4.74 Å². The van der Waals surface area contributed by atoms with Gasteiger partial charge in [0.25, 0.3) is 5.91 Å². The van der Waals surface area contributed by atoms with E-state index in [9.17, 15) is 9.59 Å². The number of carbonyl (C=O) groups is 2. The van der Waals surface area contributed by atoms with Crippen LogP contribution in [-0.2, 0) is 4.74 Å². The third-order valence-corrected chi connectivity index (χ3v) is 4.95. The van der Waals surface area contributed by atoms with Gasteiger partial charge in [-0.3, -0.25) is 4.79 Å². The maximum Gasteiger partial charge on any atom is 1.00 e. The second kappa shape index (κ2) is 13.0. The molecule has 2 aromatic carbocycles. The van der Waals surface area contributed by atoms with E-state index in [-0.39, 0.29) is 69.4 Å². The monoisotopic (exact) mass is 484 g/mol. The number of esters is 1. The van der Waals surface area contributed by atoms with Gasteiger partial charge in [-0.05, 0) is 69.2 Å². The molecule has 3 rings (SSSR count). The average Bonchev–Trinajstić information content (AvgIpc) is 2.74. The Morgan fingerprint density at radius 3 is 2.56 bits per heavy atom. The third-order valence-electron chi connectivity index (χ3n) is 4.95. The standard InChI is InChI=1S/C26H29N4O3.K/c1-17(2)33-26(32)24-10-9-21(13-18(24)3)25(31)29-22-8-6-7-20(14-22)19(4)27-11-12-28-23-15-30(5)16-23;/h6-10,12-17,19,27H,1-5H3,(H,29,31);/q-1;+1. The number of aliphatic imine (C=N–C) groups is 1. The zero-order chi connectivity index (χ0) is 24.0. The molecule has 172 valence electrons. The van der Waals surface area contributed by atoms with Crippen LogP contribution in [0, 0.1) is 19.7 Å². The fraction of sp³-hybridized carbons (Fsp3) is 0.269. The van der Waals surface area contributed by atoms with E-state index in [0.29, 0.717) is 22.4 Å². The summed E-state index contributed by atoms with van der Waals surface area (Å²) in [6, 6.07) is 12.5. The number of hydrogen-bond donors (Lipinski definition) is 2. The number of anilines is 1. The second-order valence-electron chi connectivity index (χ2n) is 8.18. The molecule has 1 aliphatic heterocycles. The molecule has 7 nitrogen and oxygen atoms in total. The number of benzene rings is 2. The molecule has 0 radical (unpaired) electrons. The Balaban J connectivity index is 0.00000408. The van der Waals surface area contributed by atoms with Gasteiger partial charge >= 0.3 is 57.4 Å². The molecule has 1 aliphatic rings. The number of rotatable bonds is 8. The van der Waals surface area contributed by atoms with E-state index in [2.05, 4.69) is 21.8 Å². The quantitative estimate of drug-likeness (QED) is 0.193. The summed E-state index contributed by atoms with van der Waals surface area (Å²) in [5.74, 6) is -0.642. The molecule has 0 aromatic heterocycles. The van der Waals surface area contributed by atoms with Gasteiger partial charge in [-0.2, -0.15) is 0 Å². The summed E-state index contributed by atoms with van der Waals surface area (Å²) in [4.78, 5) is 29.2. The molecule has 1 atom stereocenters. The van der Waals surface area contributed by atoms with Crippen molar-refractivity contribution in [3.05, 3.63) is 83.7 Å². The van der Waals surface area contributed by atoms with Crippen molar-refractivity contribution in [1.82, 2.24) is 5.32 Å². The van der Waals surface area contributed by atoms with Crippen molar-refractivity contribution in [3.63, 3.8) is 0 Å². The fourth-order valence-electron chi connectivity index (χ4n) is 3.23. The molecule has 8 heteroatoms. The Morgan fingerprint density at radius 2 is 1.91 bits per heavy atom. The van der Waals surface area contributed by atoms with E-state index in [1.54, 1.807) is 45.2 Å². The summed E-state index contributed by atoms with van der Waals surface area (Å²) in [6.45, 7) is 9.31. The van der Waals surface area contributed by atoms with Gasteiger partial charge < -0.3 is 31.1 Å². The first kappa shape index (κ1) is 28.0. The number of aryl methyl sites for hydroxylation is 1. The van der Waals surface area contributed by atoms with Crippen LogP contribution in [0.25, 0.3) is 0 Å². The Kier molecular flexibility index (Phi) is 10.7. The van der Waals surface area contributed by atoms with Gasteiger partial charge in [-0.25, -0.2) is 4.79 Å². The molecule has 1 unspecified atom stereocenters. The largest absolute Gasteiger partial charge is 1.00 e. The van der Waals surface area contributed by atoms with Crippen molar-refractivity contribution in [2.75, 3.05) is 12.4 Å². The number of hydrogen-bond acceptors (Lipinski definition) is 5. The molecule has 2 N–H and O–H groups in total. The normalized spacial score (nSPS) is 14.5. The minimum Gasteiger partial charge on any atom is -0.560 e. The van der Waals surface area contributed by atoms with Crippen LogP contribution in [0.15, 0.2) is 53.7 Å². The molecular formula is C26H29KN4O3. The van der Waals surface area contributed by atoms with Crippen LogP contribution in [0.2, 0.25) is 0 Å². The van der Waals surface area contributed by atoms with Gasteiger partial charge in [-0.15, -0.1) is 6.20 Å². The maximum absolute atomic E-state index is 12.8. The van der Waals surface area contributed by atoms with Gasteiger partial charge in [0.1, 0.15) is 7.05 Å². The fourth-order valence-corrected chi connectivity index (χ4v) is 3.23. The van der Waals surface area contributed by atoms with Crippen LogP contribution in [0.4, 0.5) is 5.69 Å². The summed E-state index contributed by atoms with van der Waals surface area (Å²) < 4.78 is 7.17. The molecule has 1 heterocycles. The van der Waals surface area contributed by atoms with Gasteiger partial charge in [-0.1, -0.05) is 12.1 Å². The third kappa shape index (κ3) is 7.92. The van der Waals surface area contributed by atoms with Crippen LogP contribution in [-0.4, -0.2) is 41.5 Å². The number of nitrogens with one attached hydrogen (secondary N) is 2. The van der Waals surface area contributed by atoms with E-state index >= 15 is 0 Å². The Bertz CT molecular complexity index is 1140. The summed E-state index contributed by atoms with van der Waals surface area (Å²) in [6.07, 6.45) is 6.28. The van der Waals surface area contributed by atoms with Crippen LogP contribution in [0.5, 0.6) is 0 Å². The van der Waals surface area contributed by atoms with Gasteiger partial charge in [0.2, 0.25) is 0 Å². The van der Waals surface area contributed by atoms with Crippen LogP contribution < -0.4 is 62.0 Å². The molecule has 2 aromatic rings. The zero-order valence-corrected chi connectivity index (χ0v) is 23.7. The number of ether oxygens (including phenoxy) is 1. The molecular weight excluding hydrogens is 455 g/mol. The number of amides is 1. The van der Waals surface area contributed by atoms with Crippen LogP contribution >= 0.6 is 0 Å². The van der Waals surface area contributed by atoms with E-state index < -0.39 is 5.97 Å². The van der Waals surface area contributed by atoms with Crippen molar-refractivity contribution in [3.8, 4) is 0 Å². The topological polar surface area (TPSA) is 82.8 Å². The van der Waals surface area contributed by atoms with Crippen LogP contribution in [0.3, 0.4) is 0 Å². The minimum absolute atomic E-state index is 0. The molecule has 0 fully saturated rings. The molecule has 1 amide bonds. The zero-order valence-electron chi connectivity index (χ0n) is 20.5. The van der Waals surface area contributed by atoms with Crippen molar-refractivity contribution >= 4 is 29.5 Å². The smallest absolute Gasteiger partial charge is 0.560 e. The summed E-state index contributed by atoms with van der Waals surface area (Å²) >= 11 is 0. The van der Waals surface area contributed by atoms with Crippen molar-refractivity contribution in [2.45, 2.75) is 39.8 Å². The second-order valence-corrected chi connectivity index (χ2v) is 8.18. The summed E-state index contributed by atoms with van der Waals surface area (Å²) in [5.41, 5.74) is 4.18. The average molecular weight is 485 g/mol. The number of nitrogens with zero attached hydrogens (tertiary/aromatic N) is 2. The van der Waals surface area contributed by atoms with E-state index in [1.165, 1.54) is 0 Å². The SMILES string of the molecule is Cc1cc(C(=O)Nc2cccc(C(C)N[C-]=CN=C3C=[N+](C)[CH-]3)c2)ccc1C(=O)OC(C)C.[K+]. The molecule has 0 saturated carbocycles. The molecule has 34 heavy (non-hydrogen) atoms. The van der Waals surface area contributed by atoms with Crippen LogP contribution in [0.1, 0.15) is 58.7 Å². The van der Waals surface area contributed by atoms with Crippen molar-refractivity contribution in [1.29, 1.82) is 0 Å².